The van der Waals surface area contributed by atoms with E-state index >= 15 is 0 Å². The molecule has 0 spiro atoms. The minimum Gasteiger partial charge on any atom is -0.358 e. The Balaban J connectivity index is 1.92. The van der Waals surface area contributed by atoms with E-state index in [9.17, 15) is 4.79 Å². The Kier molecular flexibility index (Phi) is 6.66. The molecule has 2 aromatic rings. The SMILES string of the molecule is CCCCN(C)C(=O)c1ccc(N(C)CCc2ccncc2)nn1. The normalized spacial score (nSPS) is 10.5. The number of carbonyl (C=O) groups excluding carboxylic acids is 1. The van der Waals surface area contributed by atoms with Crippen LogP contribution in [0.25, 0.3) is 0 Å². The summed E-state index contributed by atoms with van der Waals surface area (Å²) in [5.41, 5.74) is 1.62. The Hall–Kier alpha value is -2.50. The molecular formula is C18H25N5O. The average Bonchev–Trinajstić information content (AvgIpc) is 2.64. The quantitative estimate of drug-likeness (QED) is 0.745. The number of anilines is 1. The van der Waals surface area contributed by atoms with Crippen LogP contribution in [-0.2, 0) is 6.42 Å². The van der Waals surface area contributed by atoms with Crippen molar-refractivity contribution in [1.29, 1.82) is 0 Å². The molecule has 2 rings (SSSR count). The summed E-state index contributed by atoms with van der Waals surface area (Å²) in [6.07, 6.45) is 6.55. The van der Waals surface area contributed by atoms with Crippen LogP contribution in [-0.4, -0.2) is 53.2 Å². The first-order valence-corrected chi connectivity index (χ1v) is 8.31. The number of pyridine rings is 1. The summed E-state index contributed by atoms with van der Waals surface area (Å²) >= 11 is 0. The number of carbonyl (C=O) groups is 1. The van der Waals surface area contributed by atoms with Gasteiger partial charge in [0.2, 0.25) is 0 Å². The molecule has 0 aromatic carbocycles. The van der Waals surface area contributed by atoms with Crippen LogP contribution in [0.3, 0.4) is 0 Å². The molecule has 0 aliphatic carbocycles. The molecule has 2 heterocycles. The fourth-order valence-corrected chi connectivity index (χ4v) is 2.30. The summed E-state index contributed by atoms with van der Waals surface area (Å²) in [6, 6.07) is 7.61. The lowest BCUT2D eigenvalue weighted by Crippen LogP contribution is -2.29. The summed E-state index contributed by atoms with van der Waals surface area (Å²) in [5.74, 6) is 0.679. The summed E-state index contributed by atoms with van der Waals surface area (Å²) < 4.78 is 0. The topological polar surface area (TPSA) is 62.2 Å². The molecule has 1 amide bonds. The predicted octanol–water partition coefficient (Wildman–Crippen LogP) is 2.42. The van der Waals surface area contributed by atoms with Gasteiger partial charge >= 0.3 is 0 Å². The van der Waals surface area contributed by atoms with Crippen LogP contribution in [0.4, 0.5) is 5.82 Å². The fourth-order valence-electron chi connectivity index (χ4n) is 2.30. The minimum atomic E-state index is -0.0815. The second kappa shape index (κ2) is 8.96. The standard InChI is InChI=1S/C18H25N5O/c1-4-5-13-23(3)18(24)16-6-7-17(21-20-16)22(2)14-10-15-8-11-19-12-9-15/h6-9,11-12H,4-5,10,13-14H2,1-3H3. The molecular weight excluding hydrogens is 302 g/mol. The molecule has 0 radical (unpaired) electrons. The molecule has 0 fully saturated rings. The maximum Gasteiger partial charge on any atom is 0.274 e. The van der Waals surface area contributed by atoms with Gasteiger partial charge < -0.3 is 9.80 Å². The van der Waals surface area contributed by atoms with Gasteiger partial charge in [-0.3, -0.25) is 9.78 Å². The third kappa shape index (κ3) is 5.01. The molecule has 0 N–H and O–H groups in total. The van der Waals surface area contributed by atoms with Gasteiger partial charge in [-0.05, 0) is 42.7 Å². The highest BCUT2D eigenvalue weighted by atomic mass is 16.2. The molecule has 0 aliphatic heterocycles. The van der Waals surface area contributed by atoms with E-state index in [0.29, 0.717) is 5.69 Å². The largest absolute Gasteiger partial charge is 0.358 e. The van der Waals surface area contributed by atoms with Crippen LogP contribution < -0.4 is 4.90 Å². The van der Waals surface area contributed by atoms with Crippen molar-refractivity contribution in [3.8, 4) is 0 Å². The zero-order chi connectivity index (χ0) is 17.4. The Morgan fingerprint density at radius 3 is 2.42 bits per heavy atom. The van der Waals surface area contributed by atoms with Gasteiger partial charge in [-0.15, -0.1) is 10.2 Å². The Labute approximate surface area is 143 Å². The smallest absolute Gasteiger partial charge is 0.274 e. The number of amides is 1. The van der Waals surface area contributed by atoms with Crippen molar-refractivity contribution in [3.63, 3.8) is 0 Å². The van der Waals surface area contributed by atoms with Gasteiger partial charge in [-0.2, -0.15) is 0 Å². The van der Waals surface area contributed by atoms with Crippen molar-refractivity contribution in [2.75, 3.05) is 32.1 Å². The fraction of sp³-hybridized carbons (Fsp3) is 0.444. The van der Waals surface area contributed by atoms with Crippen molar-refractivity contribution in [2.45, 2.75) is 26.2 Å². The number of hydrogen-bond acceptors (Lipinski definition) is 5. The summed E-state index contributed by atoms with van der Waals surface area (Å²) in [6.45, 7) is 3.67. The highest BCUT2D eigenvalue weighted by molar-refractivity contribution is 5.92. The summed E-state index contributed by atoms with van der Waals surface area (Å²) in [4.78, 5) is 20.0. The molecule has 24 heavy (non-hydrogen) atoms. The molecule has 6 nitrogen and oxygen atoms in total. The van der Waals surface area contributed by atoms with Crippen molar-refractivity contribution in [2.24, 2.45) is 0 Å². The summed E-state index contributed by atoms with van der Waals surface area (Å²) in [7, 11) is 3.77. The number of unbranched alkanes of at least 4 members (excludes halogenated alkanes) is 1. The van der Waals surface area contributed by atoms with Crippen molar-refractivity contribution >= 4 is 11.7 Å². The van der Waals surface area contributed by atoms with E-state index in [1.165, 1.54) is 5.56 Å². The third-order valence-corrected chi connectivity index (χ3v) is 3.94. The van der Waals surface area contributed by atoms with E-state index in [1.807, 2.05) is 30.1 Å². The van der Waals surface area contributed by atoms with E-state index < -0.39 is 0 Å². The highest BCUT2D eigenvalue weighted by Crippen LogP contribution is 2.10. The zero-order valence-corrected chi connectivity index (χ0v) is 14.6. The third-order valence-electron chi connectivity index (χ3n) is 3.94. The maximum atomic E-state index is 12.2. The van der Waals surface area contributed by atoms with E-state index in [0.717, 1.165) is 38.2 Å². The molecule has 2 aromatic heterocycles. The maximum absolute atomic E-state index is 12.2. The van der Waals surface area contributed by atoms with Gasteiger partial charge in [0.15, 0.2) is 11.5 Å². The minimum absolute atomic E-state index is 0.0815. The van der Waals surface area contributed by atoms with Crippen LogP contribution >= 0.6 is 0 Å². The monoisotopic (exact) mass is 327 g/mol. The first-order valence-electron chi connectivity index (χ1n) is 8.31. The zero-order valence-electron chi connectivity index (χ0n) is 14.6. The van der Waals surface area contributed by atoms with Gasteiger partial charge in [0.05, 0.1) is 0 Å². The molecule has 0 unspecified atom stereocenters. The van der Waals surface area contributed by atoms with Crippen LogP contribution in [0, 0.1) is 0 Å². The Bertz CT molecular complexity index is 630. The molecule has 6 heteroatoms. The molecule has 0 saturated carbocycles. The van der Waals surface area contributed by atoms with Gasteiger partial charge in [0.25, 0.3) is 5.91 Å². The number of likely N-dealkylation sites (N-methyl/N-ethyl adjacent to an activating group) is 1. The lowest BCUT2D eigenvalue weighted by Gasteiger charge is -2.19. The van der Waals surface area contributed by atoms with E-state index in [2.05, 4.69) is 22.1 Å². The molecule has 0 saturated heterocycles. The van der Waals surface area contributed by atoms with Crippen molar-refractivity contribution < 1.29 is 4.79 Å². The average molecular weight is 327 g/mol. The van der Waals surface area contributed by atoms with Crippen molar-refractivity contribution in [1.82, 2.24) is 20.1 Å². The van der Waals surface area contributed by atoms with E-state index in [4.69, 9.17) is 0 Å². The number of hydrogen-bond donors (Lipinski definition) is 0. The summed E-state index contributed by atoms with van der Waals surface area (Å²) in [5, 5.41) is 8.28. The lowest BCUT2D eigenvalue weighted by molar-refractivity contribution is 0.0786. The number of aromatic nitrogens is 3. The second-order valence-corrected chi connectivity index (χ2v) is 5.88. The van der Waals surface area contributed by atoms with E-state index in [1.54, 1.807) is 30.4 Å². The molecule has 0 bridgehead atoms. The number of rotatable bonds is 8. The number of nitrogens with zero attached hydrogens (tertiary/aromatic N) is 5. The molecule has 0 aliphatic rings. The Morgan fingerprint density at radius 2 is 1.79 bits per heavy atom. The van der Waals surface area contributed by atoms with E-state index in [-0.39, 0.29) is 5.91 Å². The lowest BCUT2D eigenvalue weighted by atomic mass is 10.2. The Morgan fingerprint density at radius 1 is 1.04 bits per heavy atom. The molecule has 0 atom stereocenters. The molecule has 128 valence electrons. The van der Waals surface area contributed by atoms with Crippen LogP contribution in [0.1, 0.15) is 35.8 Å². The van der Waals surface area contributed by atoms with Crippen LogP contribution in [0.2, 0.25) is 0 Å². The second-order valence-electron chi connectivity index (χ2n) is 5.88. The highest BCUT2D eigenvalue weighted by Gasteiger charge is 2.14. The predicted molar refractivity (Wildman–Crippen MR) is 95.1 cm³/mol. The first-order chi connectivity index (χ1) is 11.6. The van der Waals surface area contributed by atoms with Gasteiger partial charge in [0.1, 0.15) is 0 Å². The van der Waals surface area contributed by atoms with Crippen LogP contribution in [0.5, 0.6) is 0 Å². The first kappa shape index (κ1) is 17.8. The van der Waals surface area contributed by atoms with Gasteiger partial charge in [-0.1, -0.05) is 13.3 Å². The van der Waals surface area contributed by atoms with Gasteiger partial charge in [0, 0.05) is 39.6 Å². The van der Waals surface area contributed by atoms with Crippen molar-refractivity contribution in [3.05, 3.63) is 47.9 Å². The van der Waals surface area contributed by atoms with Crippen LogP contribution in [0.15, 0.2) is 36.7 Å². The van der Waals surface area contributed by atoms with Gasteiger partial charge in [-0.25, -0.2) is 0 Å².